The first kappa shape index (κ1) is 17.4. The second kappa shape index (κ2) is 9.34. The summed E-state index contributed by atoms with van der Waals surface area (Å²) < 4.78 is 0. The summed E-state index contributed by atoms with van der Waals surface area (Å²) in [7, 11) is 1.85. The lowest BCUT2D eigenvalue weighted by molar-refractivity contribution is -0.123. The molecule has 0 saturated carbocycles. The molecule has 2 atom stereocenters. The van der Waals surface area contributed by atoms with Gasteiger partial charge in [0.25, 0.3) is 0 Å². The molecule has 108 valence electrons. The molecule has 0 aliphatic heterocycles. The van der Waals surface area contributed by atoms with E-state index in [1.54, 1.807) is 0 Å². The van der Waals surface area contributed by atoms with E-state index >= 15 is 0 Å². The lowest BCUT2D eigenvalue weighted by Crippen LogP contribution is -2.43. The van der Waals surface area contributed by atoms with Crippen molar-refractivity contribution in [2.45, 2.75) is 59.0 Å². The van der Waals surface area contributed by atoms with Crippen LogP contribution in [0, 0.1) is 5.92 Å². The van der Waals surface area contributed by atoms with Crippen LogP contribution in [0.5, 0.6) is 0 Å². The van der Waals surface area contributed by atoms with Gasteiger partial charge in [-0.15, -0.1) is 0 Å². The molecule has 0 aromatic carbocycles. The molecule has 0 fully saturated rings. The summed E-state index contributed by atoms with van der Waals surface area (Å²) in [6.07, 6.45) is 3.40. The lowest BCUT2D eigenvalue weighted by Gasteiger charge is -2.23. The summed E-state index contributed by atoms with van der Waals surface area (Å²) >= 11 is 0. The first-order valence-corrected chi connectivity index (χ1v) is 6.97. The third-order valence-corrected chi connectivity index (χ3v) is 3.24. The van der Waals surface area contributed by atoms with E-state index in [1.165, 1.54) is 6.42 Å². The third kappa shape index (κ3) is 8.48. The highest BCUT2D eigenvalue weighted by Gasteiger charge is 2.13. The molecule has 0 heterocycles. The van der Waals surface area contributed by atoms with Crippen LogP contribution < -0.4 is 5.32 Å². The largest absolute Gasteiger partial charge is 0.395 e. The Hall–Kier alpha value is -0.610. The minimum atomic E-state index is 0.0204. The van der Waals surface area contributed by atoms with E-state index in [4.69, 9.17) is 5.11 Å². The van der Waals surface area contributed by atoms with Crippen molar-refractivity contribution < 1.29 is 9.90 Å². The van der Waals surface area contributed by atoms with Crippen molar-refractivity contribution in [1.82, 2.24) is 10.2 Å². The van der Waals surface area contributed by atoms with Crippen LogP contribution in [-0.4, -0.2) is 48.2 Å². The van der Waals surface area contributed by atoms with Crippen LogP contribution in [0.4, 0.5) is 0 Å². The Labute approximate surface area is 112 Å². The fourth-order valence-corrected chi connectivity index (χ4v) is 1.75. The standard InChI is InChI=1S/C14H30N2O2/c1-11(2)7-6-8-12(3)15-14(18)9-16(5)13(4)10-17/h11-13,17H,6-10H2,1-5H3,(H,15,18). The molecule has 4 heteroatoms. The molecule has 0 spiro atoms. The Morgan fingerprint density at radius 2 is 1.83 bits per heavy atom. The van der Waals surface area contributed by atoms with E-state index in [0.29, 0.717) is 6.54 Å². The normalized spacial score (nSPS) is 14.9. The molecule has 0 radical (unpaired) electrons. The third-order valence-electron chi connectivity index (χ3n) is 3.24. The molecular formula is C14H30N2O2. The van der Waals surface area contributed by atoms with Gasteiger partial charge < -0.3 is 10.4 Å². The Morgan fingerprint density at radius 1 is 1.22 bits per heavy atom. The molecule has 0 saturated heterocycles. The SMILES string of the molecule is CC(C)CCCC(C)NC(=O)CN(C)C(C)CO. The maximum atomic E-state index is 11.7. The van der Waals surface area contributed by atoms with Gasteiger partial charge in [-0.3, -0.25) is 9.69 Å². The van der Waals surface area contributed by atoms with Crippen LogP contribution in [-0.2, 0) is 4.79 Å². The number of carbonyl (C=O) groups is 1. The number of aliphatic hydroxyl groups is 1. The van der Waals surface area contributed by atoms with E-state index in [1.807, 2.05) is 25.8 Å². The molecule has 0 aliphatic carbocycles. The van der Waals surface area contributed by atoms with Gasteiger partial charge in [-0.25, -0.2) is 0 Å². The molecule has 2 N–H and O–H groups in total. The number of amides is 1. The molecule has 18 heavy (non-hydrogen) atoms. The van der Waals surface area contributed by atoms with Crippen LogP contribution >= 0.6 is 0 Å². The van der Waals surface area contributed by atoms with Crippen LogP contribution in [0.2, 0.25) is 0 Å². The van der Waals surface area contributed by atoms with E-state index in [9.17, 15) is 4.79 Å². The van der Waals surface area contributed by atoms with Gasteiger partial charge in [0, 0.05) is 12.1 Å². The van der Waals surface area contributed by atoms with Gasteiger partial charge in [-0.2, -0.15) is 0 Å². The van der Waals surface area contributed by atoms with E-state index in [2.05, 4.69) is 19.2 Å². The second-order valence-electron chi connectivity index (χ2n) is 5.74. The molecular weight excluding hydrogens is 228 g/mol. The number of rotatable bonds is 9. The van der Waals surface area contributed by atoms with Crippen molar-refractivity contribution in [1.29, 1.82) is 0 Å². The van der Waals surface area contributed by atoms with Gasteiger partial charge in [0.2, 0.25) is 5.91 Å². The van der Waals surface area contributed by atoms with Gasteiger partial charge >= 0.3 is 0 Å². The molecule has 0 rings (SSSR count). The molecule has 4 nitrogen and oxygen atoms in total. The molecule has 0 aliphatic rings. The van der Waals surface area contributed by atoms with E-state index in [0.717, 1.165) is 18.8 Å². The fraction of sp³-hybridized carbons (Fsp3) is 0.929. The summed E-state index contributed by atoms with van der Waals surface area (Å²) in [6.45, 7) is 8.81. The first-order valence-electron chi connectivity index (χ1n) is 6.97. The van der Waals surface area contributed by atoms with Crippen molar-refractivity contribution in [3.8, 4) is 0 Å². The van der Waals surface area contributed by atoms with Gasteiger partial charge in [0.1, 0.15) is 0 Å². The van der Waals surface area contributed by atoms with Crippen molar-refractivity contribution in [3.05, 3.63) is 0 Å². The predicted molar refractivity (Wildman–Crippen MR) is 75.5 cm³/mol. The number of likely N-dealkylation sites (N-methyl/N-ethyl adjacent to an activating group) is 1. The smallest absolute Gasteiger partial charge is 0.234 e. The summed E-state index contributed by atoms with van der Waals surface area (Å²) in [6, 6.07) is 0.251. The Kier molecular flexibility index (Phi) is 9.02. The number of aliphatic hydroxyl groups excluding tert-OH is 1. The summed E-state index contributed by atoms with van der Waals surface area (Å²) in [5, 5.41) is 12.0. The lowest BCUT2D eigenvalue weighted by atomic mass is 10.0. The highest BCUT2D eigenvalue weighted by atomic mass is 16.3. The Balaban J connectivity index is 3.79. The predicted octanol–water partition coefficient (Wildman–Crippen LogP) is 1.63. The first-order chi connectivity index (χ1) is 8.36. The minimum Gasteiger partial charge on any atom is -0.395 e. The highest BCUT2D eigenvalue weighted by molar-refractivity contribution is 5.78. The average molecular weight is 258 g/mol. The fourth-order valence-electron chi connectivity index (χ4n) is 1.75. The minimum absolute atomic E-state index is 0.0204. The number of nitrogens with zero attached hydrogens (tertiary/aromatic N) is 1. The zero-order valence-corrected chi connectivity index (χ0v) is 12.6. The maximum absolute atomic E-state index is 11.7. The van der Waals surface area contributed by atoms with Crippen LogP contribution in [0.1, 0.15) is 47.0 Å². The molecule has 1 amide bonds. The zero-order valence-electron chi connectivity index (χ0n) is 12.6. The van der Waals surface area contributed by atoms with Gasteiger partial charge in [-0.05, 0) is 33.2 Å². The molecule has 0 aromatic heterocycles. The molecule has 2 unspecified atom stereocenters. The number of hydrogen-bond acceptors (Lipinski definition) is 3. The second-order valence-corrected chi connectivity index (χ2v) is 5.74. The Bertz CT molecular complexity index is 232. The number of nitrogens with one attached hydrogen (secondary N) is 1. The Morgan fingerprint density at radius 3 is 2.33 bits per heavy atom. The van der Waals surface area contributed by atoms with Gasteiger partial charge in [0.15, 0.2) is 0 Å². The summed E-state index contributed by atoms with van der Waals surface area (Å²) in [5.74, 6) is 0.763. The van der Waals surface area contributed by atoms with Crippen LogP contribution in [0.15, 0.2) is 0 Å². The van der Waals surface area contributed by atoms with E-state index < -0.39 is 0 Å². The molecule has 0 bridgehead atoms. The zero-order chi connectivity index (χ0) is 14.1. The number of carbonyl (C=O) groups excluding carboxylic acids is 1. The van der Waals surface area contributed by atoms with Crippen LogP contribution in [0.25, 0.3) is 0 Å². The topological polar surface area (TPSA) is 52.6 Å². The van der Waals surface area contributed by atoms with Crippen molar-refractivity contribution in [2.24, 2.45) is 5.92 Å². The summed E-state index contributed by atoms with van der Waals surface area (Å²) in [4.78, 5) is 13.6. The van der Waals surface area contributed by atoms with Gasteiger partial charge in [0.05, 0.1) is 13.2 Å². The van der Waals surface area contributed by atoms with Crippen molar-refractivity contribution in [3.63, 3.8) is 0 Å². The monoisotopic (exact) mass is 258 g/mol. The van der Waals surface area contributed by atoms with Crippen molar-refractivity contribution in [2.75, 3.05) is 20.2 Å². The van der Waals surface area contributed by atoms with Crippen LogP contribution in [0.3, 0.4) is 0 Å². The quantitative estimate of drug-likeness (QED) is 0.661. The molecule has 0 aromatic rings. The average Bonchev–Trinajstić information content (AvgIpc) is 2.26. The van der Waals surface area contributed by atoms with E-state index in [-0.39, 0.29) is 24.6 Å². The number of hydrogen-bond donors (Lipinski definition) is 2. The highest BCUT2D eigenvalue weighted by Crippen LogP contribution is 2.08. The van der Waals surface area contributed by atoms with Crippen molar-refractivity contribution >= 4 is 5.91 Å². The summed E-state index contributed by atoms with van der Waals surface area (Å²) in [5.41, 5.74) is 0. The maximum Gasteiger partial charge on any atom is 0.234 e. The van der Waals surface area contributed by atoms with Gasteiger partial charge in [-0.1, -0.05) is 26.7 Å².